The molecular formula is C74H50N6. The summed E-state index contributed by atoms with van der Waals surface area (Å²) in [5, 5.41) is 0. The third-order valence-corrected chi connectivity index (χ3v) is 16.5. The molecule has 2 unspecified atom stereocenters. The zero-order valence-electron chi connectivity index (χ0n) is 43.6. The van der Waals surface area contributed by atoms with Gasteiger partial charge in [0, 0.05) is 33.4 Å². The molecule has 6 nitrogen and oxygen atoms in total. The van der Waals surface area contributed by atoms with Crippen molar-refractivity contribution in [1.82, 2.24) is 29.9 Å². The van der Waals surface area contributed by atoms with Gasteiger partial charge in [-0.05, 0) is 97.8 Å². The van der Waals surface area contributed by atoms with Crippen molar-refractivity contribution in [3.63, 3.8) is 0 Å². The predicted molar refractivity (Wildman–Crippen MR) is 321 cm³/mol. The van der Waals surface area contributed by atoms with Gasteiger partial charge in [-0.25, -0.2) is 29.9 Å². The Labute approximate surface area is 465 Å². The van der Waals surface area contributed by atoms with Gasteiger partial charge in [-0.2, -0.15) is 0 Å². The molecule has 376 valence electrons. The van der Waals surface area contributed by atoms with Crippen LogP contribution in [-0.4, -0.2) is 29.9 Å². The van der Waals surface area contributed by atoms with Crippen LogP contribution >= 0.6 is 0 Å². The number of hydrogen-bond donors (Lipinski definition) is 0. The number of allylic oxidation sites excluding steroid dienone is 4. The Kier molecular flexibility index (Phi) is 11.3. The third kappa shape index (κ3) is 7.55. The fourth-order valence-electron chi connectivity index (χ4n) is 13.0. The van der Waals surface area contributed by atoms with Gasteiger partial charge in [0.25, 0.3) is 0 Å². The largest absolute Gasteiger partial charge is 0.208 e. The van der Waals surface area contributed by atoms with Crippen LogP contribution in [0.4, 0.5) is 0 Å². The summed E-state index contributed by atoms with van der Waals surface area (Å²) in [6.45, 7) is 0. The number of rotatable bonds is 10. The van der Waals surface area contributed by atoms with Crippen LogP contribution in [0.2, 0.25) is 0 Å². The maximum Gasteiger partial charge on any atom is 0.164 e. The molecule has 3 aliphatic rings. The molecule has 0 spiro atoms. The SMILES string of the molecule is C1=CCC(C2(c3ccccc3)c3cc(-c4nc(-c5ccccc5)nc(-c5ccccc5)n4)ccc3-c3cc4c(cc32)-c2ccc(-c3nc(-c5ccccc5)nc(-c5ccccc5)n3)cc2C4(c2ccccc2)c2ccccc2)C=C1. The van der Waals surface area contributed by atoms with Gasteiger partial charge in [-0.1, -0.05) is 261 Å². The van der Waals surface area contributed by atoms with Crippen molar-refractivity contribution in [3.8, 4) is 90.6 Å². The van der Waals surface area contributed by atoms with Gasteiger partial charge in [0.1, 0.15) is 0 Å². The van der Waals surface area contributed by atoms with E-state index >= 15 is 0 Å². The summed E-state index contributed by atoms with van der Waals surface area (Å²) in [4.78, 5) is 31.2. The highest BCUT2D eigenvalue weighted by atomic mass is 15.0. The van der Waals surface area contributed by atoms with Crippen LogP contribution in [0, 0.1) is 5.92 Å². The second-order valence-electron chi connectivity index (χ2n) is 20.9. The first-order valence-corrected chi connectivity index (χ1v) is 27.4. The van der Waals surface area contributed by atoms with Crippen molar-refractivity contribution < 1.29 is 0 Å². The molecular weight excluding hydrogens is 973 g/mol. The molecule has 0 N–H and O–H groups in total. The average Bonchev–Trinajstić information content (AvgIpc) is 4.13. The van der Waals surface area contributed by atoms with Gasteiger partial charge in [-0.3, -0.25) is 0 Å². The van der Waals surface area contributed by atoms with E-state index in [1.54, 1.807) is 0 Å². The van der Waals surface area contributed by atoms with E-state index < -0.39 is 10.8 Å². The Morgan fingerprint density at radius 1 is 0.275 bits per heavy atom. The van der Waals surface area contributed by atoms with E-state index in [4.69, 9.17) is 29.9 Å². The van der Waals surface area contributed by atoms with Crippen molar-refractivity contribution in [2.24, 2.45) is 5.92 Å². The van der Waals surface area contributed by atoms with E-state index in [0.29, 0.717) is 34.9 Å². The van der Waals surface area contributed by atoms with Crippen molar-refractivity contribution in [3.05, 3.63) is 324 Å². The zero-order chi connectivity index (χ0) is 53.0. The maximum absolute atomic E-state index is 5.28. The summed E-state index contributed by atoms with van der Waals surface area (Å²) in [6.07, 6.45) is 10.0. The second kappa shape index (κ2) is 19.3. The topological polar surface area (TPSA) is 77.3 Å². The van der Waals surface area contributed by atoms with Gasteiger partial charge in [0.15, 0.2) is 34.9 Å². The van der Waals surface area contributed by atoms with Gasteiger partial charge in [-0.15, -0.1) is 0 Å². The molecule has 15 rings (SSSR count). The number of aromatic nitrogens is 6. The number of nitrogens with zero attached hydrogens (tertiary/aromatic N) is 6. The highest BCUT2D eigenvalue weighted by molar-refractivity contribution is 5.95. The highest BCUT2D eigenvalue weighted by Gasteiger charge is 2.53. The maximum atomic E-state index is 5.28. The van der Waals surface area contributed by atoms with E-state index in [1.165, 1.54) is 61.2 Å². The van der Waals surface area contributed by atoms with Crippen LogP contribution < -0.4 is 0 Å². The first kappa shape index (κ1) is 47.0. The standard InChI is InChI=1S/C74H50N6/c1-9-25-49(26-10-1)67-75-68(50-27-11-2-12-28-50)78-71(77-67)53-41-43-59-61-47-66-62(48-65(61)73(63(59)45-53,55-33-17-5-18-34-55)56-35-19-6-20-36-56)60-44-42-54(46-64(60)74(66,57-37-21-7-22-38-57)58-39-23-8-24-40-58)72-79-69(51-29-13-3-14-30-51)76-70(80-72)52-31-15-4-16-32-52/h1-39,41-48,58H,40H2. The van der Waals surface area contributed by atoms with E-state index in [2.05, 4.69) is 212 Å². The smallest absolute Gasteiger partial charge is 0.164 e. The number of fused-ring (bicyclic) bond motifs is 6. The van der Waals surface area contributed by atoms with Crippen LogP contribution in [0.1, 0.15) is 45.4 Å². The van der Waals surface area contributed by atoms with Crippen molar-refractivity contribution in [1.29, 1.82) is 0 Å². The van der Waals surface area contributed by atoms with E-state index in [0.717, 1.165) is 39.8 Å². The van der Waals surface area contributed by atoms with Crippen molar-refractivity contribution in [2.45, 2.75) is 17.3 Å². The summed E-state index contributed by atoms with van der Waals surface area (Å²) in [7, 11) is 0. The molecule has 3 aliphatic carbocycles. The number of hydrogen-bond acceptors (Lipinski definition) is 6. The average molecular weight is 1020 g/mol. The summed E-state index contributed by atoms with van der Waals surface area (Å²) < 4.78 is 0. The van der Waals surface area contributed by atoms with Crippen molar-refractivity contribution in [2.75, 3.05) is 0 Å². The summed E-state index contributed by atoms with van der Waals surface area (Å²) in [5.41, 5.74) is 17.5. The first-order valence-electron chi connectivity index (χ1n) is 27.4. The Morgan fingerprint density at radius 3 is 1.01 bits per heavy atom. The molecule has 0 bridgehead atoms. The zero-order valence-corrected chi connectivity index (χ0v) is 43.6. The van der Waals surface area contributed by atoms with Crippen LogP contribution in [-0.2, 0) is 10.8 Å². The Morgan fingerprint density at radius 2 is 0.600 bits per heavy atom. The quantitative estimate of drug-likeness (QED) is 0.136. The van der Waals surface area contributed by atoms with Crippen LogP contribution in [0.3, 0.4) is 0 Å². The van der Waals surface area contributed by atoms with E-state index in [-0.39, 0.29) is 5.92 Å². The lowest BCUT2D eigenvalue weighted by Gasteiger charge is -2.40. The molecule has 80 heavy (non-hydrogen) atoms. The Hall–Kier alpha value is -10.3. The monoisotopic (exact) mass is 1020 g/mol. The van der Waals surface area contributed by atoms with Gasteiger partial charge >= 0.3 is 0 Å². The fraction of sp³-hybridized carbons (Fsp3) is 0.0541. The minimum Gasteiger partial charge on any atom is -0.208 e. The fourth-order valence-corrected chi connectivity index (χ4v) is 13.0. The van der Waals surface area contributed by atoms with Crippen LogP contribution in [0.5, 0.6) is 0 Å². The molecule has 6 heteroatoms. The van der Waals surface area contributed by atoms with Crippen molar-refractivity contribution >= 4 is 0 Å². The molecule has 0 saturated heterocycles. The predicted octanol–water partition coefficient (Wildman–Crippen LogP) is 16.9. The van der Waals surface area contributed by atoms with Gasteiger partial charge in [0.2, 0.25) is 0 Å². The molecule has 2 heterocycles. The molecule has 2 atom stereocenters. The molecule has 0 aliphatic heterocycles. The molecule has 0 amide bonds. The van der Waals surface area contributed by atoms with Gasteiger partial charge in [0.05, 0.1) is 10.8 Å². The minimum absolute atomic E-state index is 0.0685. The minimum atomic E-state index is -0.742. The third-order valence-electron chi connectivity index (χ3n) is 16.5. The Balaban J connectivity index is 0.999. The first-order chi connectivity index (χ1) is 39.6. The number of benzene rings is 10. The van der Waals surface area contributed by atoms with E-state index in [1.807, 2.05) is 72.8 Å². The highest BCUT2D eigenvalue weighted by Crippen LogP contribution is 2.64. The lowest BCUT2D eigenvalue weighted by Crippen LogP contribution is -2.35. The Bertz CT molecular complexity index is 4200. The molecule has 0 radical (unpaired) electrons. The normalized spacial score (nSPS) is 16.1. The molecule has 2 aromatic heterocycles. The van der Waals surface area contributed by atoms with Crippen LogP contribution in [0.25, 0.3) is 90.6 Å². The molecule has 0 fully saturated rings. The van der Waals surface area contributed by atoms with Gasteiger partial charge < -0.3 is 0 Å². The lowest BCUT2D eigenvalue weighted by atomic mass is 9.61. The lowest BCUT2D eigenvalue weighted by molar-refractivity contribution is 0.457. The summed E-state index contributed by atoms with van der Waals surface area (Å²) >= 11 is 0. The summed E-state index contributed by atoms with van der Waals surface area (Å²) in [6, 6.07) is 93.1. The van der Waals surface area contributed by atoms with E-state index in [9.17, 15) is 0 Å². The molecule has 12 aromatic rings. The second-order valence-corrected chi connectivity index (χ2v) is 20.9. The molecule has 0 saturated carbocycles. The van der Waals surface area contributed by atoms with Crippen LogP contribution in [0.15, 0.2) is 285 Å². The molecule has 10 aromatic carbocycles. The summed E-state index contributed by atoms with van der Waals surface area (Å²) in [5.74, 6) is 3.83.